The molecule has 6 nitrogen and oxygen atoms in total. The second-order valence-electron chi connectivity index (χ2n) is 6.02. The van der Waals surface area contributed by atoms with Gasteiger partial charge in [0.1, 0.15) is 5.60 Å². The molecule has 0 saturated carbocycles. The van der Waals surface area contributed by atoms with Crippen molar-refractivity contribution >= 4 is 6.09 Å². The van der Waals surface area contributed by atoms with Gasteiger partial charge in [-0.2, -0.15) is 0 Å². The number of hydrogen-bond donors (Lipinski definition) is 1. The first-order valence-electron chi connectivity index (χ1n) is 6.50. The third-order valence-corrected chi connectivity index (χ3v) is 2.85. The smallest absolute Gasteiger partial charge is 0.407 e. The number of nitrogens with zero attached hydrogens (tertiary/aromatic N) is 3. The van der Waals surface area contributed by atoms with Crippen LogP contribution in [0, 0.1) is 0 Å². The van der Waals surface area contributed by atoms with Crippen molar-refractivity contribution in [2.24, 2.45) is 7.05 Å². The second-order valence-corrected chi connectivity index (χ2v) is 6.02. The average molecular weight is 268 g/mol. The van der Waals surface area contributed by atoms with Gasteiger partial charge in [0.2, 0.25) is 0 Å². The summed E-state index contributed by atoms with van der Waals surface area (Å²) >= 11 is 0. The van der Waals surface area contributed by atoms with Crippen LogP contribution < -0.4 is 5.32 Å². The molecule has 0 aliphatic heterocycles. The minimum atomic E-state index is -0.569. The van der Waals surface area contributed by atoms with Gasteiger partial charge in [0, 0.05) is 25.2 Å². The quantitative estimate of drug-likeness (QED) is 0.887. The third-order valence-electron chi connectivity index (χ3n) is 2.85. The van der Waals surface area contributed by atoms with Gasteiger partial charge >= 0.3 is 6.09 Å². The summed E-state index contributed by atoms with van der Waals surface area (Å²) in [6, 6.07) is 0. The molecule has 0 aromatic carbocycles. The molecule has 1 amide bonds. The molecule has 1 aromatic heterocycles. The minimum Gasteiger partial charge on any atom is -0.444 e. The number of amides is 1. The highest BCUT2D eigenvalue weighted by atomic mass is 16.6. The van der Waals surface area contributed by atoms with Gasteiger partial charge in [0.15, 0.2) is 0 Å². The van der Waals surface area contributed by atoms with Crippen LogP contribution >= 0.6 is 0 Å². The molecule has 0 bridgehead atoms. The number of alkyl carbamates (subject to hydrolysis) is 1. The maximum atomic E-state index is 11.5. The maximum absolute atomic E-state index is 11.5. The number of hydrogen-bond acceptors (Lipinski definition) is 4. The number of carbonyl (C=O) groups excluding carboxylic acids is 1. The van der Waals surface area contributed by atoms with Crippen molar-refractivity contribution in [2.45, 2.75) is 52.1 Å². The summed E-state index contributed by atoms with van der Waals surface area (Å²) in [6.07, 6.45) is 2.17. The number of nitrogens with one attached hydrogen (secondary N) is 1. The van der Waals surface area contributed by atoms with Crippen molar-refractivity contribution in [3.8, 4) is 0 Å². The molecule has 0 unspecified atom stereocenters. The SMILES string of the molecule is CCNC(=O)OC(C)(C)CC(C)(C)c1cn(C)nn1. The largest absolute Gasteiger partial charge is 0.444 e. The Kier molecular flexibility index (Phi) is 4.55. The van der Waals surface area contributed by atoms with E-state index in [1.807, 2.05) is 34.0 Å². The van der Waals surface area contributed by atoms with Crippen LogP contribution in [0.15, 0.2) is 6.20 Å². The van der Waals surface area contributed by atoms with Gasteiger partial charge in [-0.05, 0) is 27.2 Å². The van der Waals surface area contributed by atoms with E-state index >= 15 is 0 Å². The van der Waals surface area contributed by atoms with E-state index in [1.165, 1.54) is 0 Å². The van der Waals surface area contributed by atoms with Crippen molar-refractivity contribution in [1.82, 2.24) is 20.3 Å². The molecule has 0 spiro atoms. The number of rotatable bonds is 5. The van der Waals surface area contributed by atoms with Gasteiger partial charge in [0.05, 0.1) is 5.69 Å². The molecule has 6 heteroatoms. The van der Waals surface area contributed by atoms with E-state index in [-0.39, 0.29) is 11.5 Å². The fraction of sp³-hybridized carbons (Fsp3) is 0.769. The van der Waals surface area contributed by atoms with E-state index in [2.05, 4.69) is 29.5 Å². The molecule has 0 saturated heterocycles. The molecule has 0 aliphatic carbocycles. The molecule has 0 atom stereocenters. The lowest BCUT2D eigenvalue weighted by Crippen LogP contribution is -2.39. The average Bonchev–Trinajstić information content (AvgIpc) is 2.62. The Bertz CT molecular complexity index is 438. The van der Waals surface area contributed by atoms with Gasteiger partial charge in [0.25, 0.3) is 0 Å². The molecule has 1 aromatic rings. The summed E-state index contributed by atoms with van der Waals surface area (Å²) in [4.78, 5) is 11.5. The lowest BCUT2D eigenvalue weighted by atomic mass is 9.79. The zero-order valence-corrected chi connectivity index (χ0v) is 12.6. The van der Waals surface area contributed by atoms with E-state index in [4.69, 9.17) is 4.74 Å². The van der Waals surface area contributed by atoms with E-state index in [0.717, 1.165) is 5.69 Å². The van der Waals surface area contributed by atoms with Crippen molar-refractivity contribution in [3.05, 3.63) is 11.9 Å². The summed E-state index contributed by atoms with van der Waals surface area (Å²) in [5.41, 5.74) is 0.104. The molecule has 0 radical (unpaired) electrons. The number of aromatic nitrogens is 3. The van der Waals surface area contributed by atoms with Crippen molar-refractivity contribution in [2.75, 3.05) is 6.54 Å². The first-order chi connectivity index (χ1) is 8.66. The lowest BCUT2D eigenvalue weighted by Gasteiger charge is -2.33. The van der Waals surface area contributed by atoms with Crippen LogP contribution in [0.2, 0.25) is 0 Å². The summed E-state index contributed by atoms with van der Waals surface area (Å²) in [5.74, 6) is 0. The molecule has 1 heterocycles. The van der Waals surface area contributed by atoms with Crippen LogP contribution in [0.5, 0.6) is 0 Å². The minimum absolute atomic E-state index is 0.218. The van der Waals surface area contributed by atoms with Gasteiger partial charge < -0.3 is 10.1 Å². The van der Waals surface area contributed by atoms with Crippen LogP contribution in [-0.2, 0) is 17.2 Å². The van der Waals surface area contributed by atoms with E-state index in [9.17, 15) is 4.79 Å². The Balaban J connectivity index is 2.73. The Labute approximate surface area is 114 Å². The summed E-state index contributed by atoms with van der Waals surface area (Å²) in [7, 11) is 1.84. The lowest BCUT2D eigenvalue weighted by molar-refractivity contribution is 0.0188. The Morgan fingerprint density at radius 2 is 2.05 bits per heavy atom. The Morgan fingerprint density at radius 3 is 2.53 bits per heavy atom. The molecular formula is C13H24N4O2. The maximum Gasteiger partial charge on any atom is 0.407 e. The van der Waals surface area contributed by atoms with Crippen LogP contribution in [0.3, 0.4) is 0 Å². The van der Waals surface area contributed by atoms with Crippen LogP contribution in [-0.4, -0.2) is 33.2 Å². The van der Waals surface area contributed by atoms with Crippen molar-refractivity contribution in [1.29, 1.82) is 0 Å². The number of aryl methyl sites for hydroxylation is 1. The first kappa shape index (κ1) is 15.5. The molecule has 108 valence electrons. The topological polar surface area (TPSA) is 69.0 Å². The van der Waals surface area contributed by atoms with Crippen molar-refractivity contribution < 1.29 is 9.53 Å². The van der Waals surface area contributed by atoms with Crippen LogP contribution in [0.1, 0.15) is 46.7 Å². The van der Waals surface area contributed by atoms with Gasteiger partial charge in [-0.3, -0.25) is 4.68 Å². The predicted molar refractivity (Wildman–Crippen MR) is 72.9 cm³/mol. The molecule has 1 rings (SSSR count). The molecule has 0 fully saturated rings. The van der Waals surface area contributed by atoms with Gasteiger partial charge in [-0.1, -0.05) is 19.1 Å². The fourth-order valence-electron chi connectivity index (χ4n) is 2.28. The normalized spacial score (nSPS) is 12.3. The third kappa shape index (κ3) is 4.54. The highest BCUT2D eigenvalue weighted by Gasteiger charge is 2.34. The zero-order valence-electron chi connectivity index (χ0n) is 12.6. The van der Waals surface area contributed by atoms with Crippen molar-refractivity contribution in [3.63, 3.8) is 0 Å². The highest BCUT2D eigenvalue weighted by molar-refractivity contribution is 5.67. The Hall–Kier alpha value is -1.59. The number of carbonyl (C=O) groups is 1. The summed E-state index contributed by atoms with van der Waals surface area (Å²) in [6.45, 7) is 10.4. The predicted octanol–water partition coefficient (Wildman–Crippen LogP) is 2.01. The van der Waals surface area contributed by atoms with E-state index in [0.29, 0.717) is 13.0 Å². The first-order valence-corrected chi connectivity index (χ1v) is 6.50. The summed E-state index contributed by atoms with van der Waals surface area (Å²) < 4.78 is 7.11. The number of ether oxygens (including phenoxy) is 1. The van der Waals surface area contributed by atoms with Crippen LogP contribution in [0.25, 0.3) is 0 Å². The van der Waals surface area contributed by atoms with Crippen LogP contribution in [0.4, 0.5) is 4.79 Å². The highest BCUT2D eigenvalue weighted by Crippen LogP contribution is 2.32. The monoisotopic (exact) mass is 268 g/mol. The van der Waals surface area contributed by atoms with Gasteiger partial charge in [-0.25, -0.2) is 4.79 Å². The molecule has 0 aliphatic rings. The van der Waals surface area contributed by atoms with E-state index < -0.39 is 5.60 Å². The molecular weight excluding hydrogens is 244 g/mol. The van der Waals surface area contributed by atoms with Gasteiger partial charge in [-0.15, -0.1) is 5.10 Å². The Morgan fingerprint density at radius 1 is 1.42 bits per heavy atom. The zero-order chi connectivity index (χ0) is 14.7. The second kappa shape index (κ2) is 5.59. The standard InChI is InChI=1S/C13H24N4O2/c1-7-14-11(18)19-13(4,5)9-12(2,3)10-8-17(6)16-15-10/h8H,7,9H2,1-6H3,(H,14,18). The fourth-order valence-corrected chi connectivity index (χ4v) is 2.28. The molecule has 1 N–H and O–H groups in total. The molecule has 19 heavy (non-hydrogen) atoms. The summed E-state index contributed by atoms with van der Waals surface area (Å²) in [5, 5.41) is 10.7. The van der Waals surface area contributed by atoms with E-state index in [1.54, 1.807) is 4.68 Å².